The van der Waals surface area contributed by atoms with Crippen LogP contribution in [-0.4, -0.2) is 44.1 Å². The van der Waals surface area contributed by atoms with Crippen molar-refractivity contribution in [3.05, 3.63) is 64.8 Å². The van der Waals surface area contributed by atoms with Crippen LogP contribution in [0.5, 0.6) is 0 Å². The first kappa shape index (κ1) is 17.7. The first-order valence-electron chi connectivity index (χ1n) is 8.99. The zero-order chi connectivity index (χ0) is 18.8. The Balaban J connectivity index is 1.63. The van der Waals surface area contributed by atoms with Gasteiger partial charge in [-0.2, -0.15) is 5.10 Å². The molecule has 6 nitrogen and oxygen atoms in total. The number of nitrogens with zero attached hydrogens (tertiary/aromatic N) is 4. The minimum atomic E-state index is 0.0131. The van der Waals surface area contributed by atoms with Gasteiger partial charge in [-0.3, -0.25) is 19.9 Å². The van der Waals surface area contributed by atoms with Gasteiger partial charge in [0.05, 0.1) is 23.1 Å². The van der Waals surface area contributed by atoms with E-state index >= 15 is 0 Å². The third-order valence-electron chi connectivity index (χ3n) is 4.98. The molecule has 1 aromatic carbocycles. The summed E-state index contributed by atoms with van der Waals surface area (Å²) < 4.78 is 0. The normalized spacial score (nSPS) is 17.1. The molecule has 0 spiro atoms. The second-order valence-corrected chi connectivity index (χ2v) is 7.24. The second-order valence-electron chi connectivity index (χ2n) is 6.80. The van der Waals surface area contributed by atoms with E-state index in [1.54, 1.807) is 18.6 Å². The molecule has 1 atom stereocenters. The van der Waals surface area contributed by atoms with Crippen LogP contribution in [-0.2, 0) is 0 Å². The molecular formula is C20H20ClN5O. The third kappa shape index (κ3) is 3.57. The van der Waals surface area contributed by atoms with Gasteiger partial charge in [-0.05, 0) is 31.9 Å². The predicted molar refractivity (Wildman–Crippen MR) is 104 cm³/mol. The minimum Gasteiger partial charge on any atom is -0.338 e. The number of amides is 1. The van der Waals surface area contributed by atoms with Crippen LogP contribution in [0.2, 0.25) is 5.02 Å². The summed E-state index contributed by atoms with van der Waals surface area (Å²) in [4.78, 5) is 23.9. The Morgan fingerprint density at radius 2 is 2.15 bits per heavy atom. The fourth-order valence-electron chi connectivity index (χ4n) is 3.63. The summed E-state index contributed by atoms with van der Waals surface area (Å²) in [6, 6.07) is 7.64. The molecule has 0 aliphatic carbocycles. The number of hydrogen-bond donors (Lipinski definition) is 1. The minimum absolute atomic E-state index is 0.0131. The van der Waals surface area contributed by atoms with E-state index in [1.165, 1.54) is 0 Å². The van der Waals surface area contributed by atoms with Gasteiger partial charge in [0.25, 0.3) is 5.91 Å². The van der Waals surface area contributed by atoms with Crippen LogP contribution < -0.4 is 0 Å². The molecule has 7 heteroatoms. The number of aromatic amines is 1. The van der Waals surface area contributed by atoms with Gasteiger partial charge in [0.1, 0.15) is 0 Å². The molecule has 4 rings (SSSR count). The highest BCUT2D eigenvalue weighted by molar-refractivity contribution is 6.30. The van der Waals surface area contributed by atoms with E-state index in [4.69, 9.17) is 11.6 Å². The monoisotopic (exact) mass is 381 g/mol. The van der Waals surface area contributed by atoms with Crippen LogP contribution in [0.4, 0.5) is 0 Å². The predicted octanol–water partition coefficient (Wildman–Crippen LogP) is 3.85. The van der Waals surface area contributed by atoms with Crippen LogP contribution >= 0.6 is 11.6 Å². The number of benzene rings is 1. The average Bonchev–Trinajstić information content (AvgIpc) is 3.13. The van der Waals surface area contributed by atoms with Gasteiger partial charge < -0.3 is 4.90 Å². The van der Waals surface area contributed by atoms with E-state index in [-0.39, 0.29) is 11.8 Å². The summed E-state index contributed by atoms with van der Waals surface area (Å²) in [6.07, 6.45) is 6.91. The van der Waals surface area contributed by atoms with Gasteiger partial charge in [-0.1, -0.05) is 23.7 Å². The van der Waals surface area contributed by atoms with Crippen molar-refractivity contribution in [2.24, 2.45) is 0 Å². The standard InChI is InChI=1S/C20H20ClN5O/c1-13-17(11-24-25-13)20(27)26-9-3-5-15(12-26)19-18(22-7-8-23-19)14-4-2-6-16(21)10-14/h2,4,6-8,10-11,15H,3,5,9,12H2,1H3,(H,24,25). The van der Waals surface area contributed by atoms with E-state index in [1.807, 2.05) is 36.1 Å². The summed E-state index contributed by atoms with van der Waals surface area (Å²) in [5.74, 6) is 0.150. The Labute approximate surface area is 162 Å². The van der Waals surface area contributed by atoms with Crippen molar-refractivity contribution in [2.45, 2.75) is 25.7 Å². The van der Waals surface area contributed by atoms with Gasteiger partial charge in [0, 0.05) is 47.7 Å². The van der Waals surface area contributed by atoms with Crippen molar-refractivity contribution in [2.75, 3.05) is 13.1 Å². The summed E-state index contributed by atoms with van der Waals surface area (Å²) in [7, 11) is 0. The van der Waals surface area contributed by atoms with Crippen LogP contribution in [0.15, 0.2) is 42.9 Å². The molecule has 2 aromatic heterocycles. The molecule has 1 amide bonds. The van der Waals surface area contributed by atoms with Crippen molar-refractivity contribution in [3.63, 3.8) is 0 Å². The lowest BCUT2D eigenvalue weighted by molar-refractivity contribution is 0.0705. The molecule has 27 heavy (non-hydrogen) atoms. The van der Waals surface area contributed by atoms with E-state index < -0.39 is 0 Å². The van der Waals surface area contributed by atoms with Gasteiger partial charge in [-0.25, -0.2) is 0 Å². The SMILES string of the molecule is Cc1[nH]ncc1C(=O)N1CCCC(c2nccnc2-c2cccc(Cl)c2)C1. The summed E-state index contributed by atoms with van der Waals surface area (Å²) >= 11 is 6.16. The lowest BCUT2D eigenvalue weighted by Gasteiger charge is -2.33. The molecule has 1 aliphatic heterocycles. The molecule has 0 bridgehead atoms. The van der Waals surface area contributed by atoms with Crippen molar-refractivity contribution < 1.29 is 4.79 Å². The Morgan fingerprint density at radius 1 is 1.30 bits per heavy atom. The molecule has 1 unspecified atom stereocenters. The zero-order valence-corrected chi connectivity index (χ0v) is 15.8. The number of nitrogens with one attached hydrogen (secondary N) is 1. The van der Waals surface area contributed by atoms with Crippen molar-refractivity contribution >= 4 is 17.5 Å². The lowest BCUT2D eigenvalue weighted by Crippen LogP contribution is -2.39. The number of halogens is 1. The average molecular weight is 382 g/mol. The molecule has 3 aromatic rings. The highest BCUT2D eigenvalue weighted by Gasteiger charge is 2.29. The van der Waals surface area contributed by atoms with Gasteiger partial charge in [0.15, 0.2) is 0 Å². The van der Waals surface area contributed by atoms with E-state index in [0.717, 1.165) is 42.0 Å². The smallest absolute Gasteiger partial charge is 0.257 e. The molecule has 0 radical (unpaired) electrons. The fourth-order valence-corrected chi connectivity index (χ4v) is 3.82. The number of carbonyl (C=O) groups excluding carboxylic acids is 1. The van der Waals surface area contributed by atoms with Crippen LogP contribution in [0.3, 0.4) is 0 Å². The molecule has 0 saturated carbocycles. The third-order valence-corrected chi connectivity index (χ3v) is 5.22. The fraction of sp³-hybridized carbons (Fsp3) is 0.300. The number of H-pyrrole nitrogens is 1. The van der Waals surface area contributed by atoms with Crippen molar-refractivity contribution in [1.29, 1.82) is 0 Å². The van der Waals surface area contributed by atoms with E-state index in [9.17, 15) is 4.79 Å². The first-order chi connectivity index (χ1) is 13.1. The Morgan fingerprint density at radius 3 is 2.93 bits per heavy atom. The number of hydrogen-bond acceptors (Lipinski definition) is 4. The summed E-state index contributed by atoms with van der Waals surface area (Å²) in [5, 5.41) is 7.47. The topological polar surface area (TPSA) is 74.8 Å². The number of rotatable bonds is 3. The molecule has 1 aliphatic rings. The first-order valence-corrected chi connectivity index (χ1v) is 9.37. The maximum Gasteiger partial charge on any atom is 0.257 e. The number of likely N-dealkylation sites (tertiary alicyclic amines) is 1. The number of aryl methyl sites for hydroxylation is 1. The highest BCUT2D eigenvalue weighted by atomic mass is 35.5. The molecule has 138 valence electrons. The molecule has 3 heterocycles. The van der Waals surface area contributed by atoms with Gasteiger partial charge >= 0.3 is 0 Å². The summed E-state index contributed by atoms with van der Waals surface area (Å²) in [6.45, 7) is 3.23. The molecular weight excluding hydrogens is 362 g/mol. The quantitative estimate of drug-likeness (QED) is 0.747. The Kier molecular flexibility index (Phi) is 4.90. The maximum atomic E-state index is 12.9. The number of piperidine rings is 1. The summed E-state index contributed by atoms with van der Waals surface area (Å²) in [5.41, 5.74) is 4.12. The lowest BCUT2D eigenvalue weighted by atomic mass is 9.91. The number of aromatic nitrogens is 4. The van der Waals surface area contributed by atoms with Crippen molar-refractivity contribution in [1.82, 2.24) is 25.1 Å². The molecule has 1 N–H and O–H groups in total. The van der Waals surface area contributed by atoms with Crippen LogP contribution in [0, 0.1) is 6.92 Å². The Bertz CT molecular complexity index is 970. The molecule has 1 fully saturated rings. The molecule has 1 saturated heterocycles. The van der Waals surface area contributed by atoms with E-state index in [0.29, 0.717) is 17.1 Å². The van der Waals surface area contributed by atoms with Crippen LogP contribution in [0.25, 0.3) is 11.3 Å². The Hall–Kier alpha value is -2.73. The number of carbonyl (C=O) groups is 1. The maximum absolute atomic E-state index is 12.9. The van der Waals surface area contributed by atoms with Crippen LogP contribution in [0.1, 0.15) is 40.5 Å². The van der Waals surface area contributed by atoms with E-state index in [2.05, 4.69) is 20.2 Å². The van der Waals surface area contributed by atoms with Gasteiger partial charge in [0.2, 0.25) is 0 Å². The van der Waals surface area contributed by atoms with Crippen molar-refractivity contribution in [3.8, 4) is 11.3 Å². The highest BCUT2D eigenvalue weighted by Crippen LogP contribution is 2.33. The van der Waals surface area contributed by atoms with Gasteiger partial charge in [-0.15, -0.1) is 0 Å². The largest absolute Gasteiger partial charge is 0.338 e. The second kappa shape index (κ2) is 7.48. The zero-order valence-electron chi connectivity index (χ0n) is 15.0.